The van der Waals surface area contributed by atoms with Gasteiger partial charge in [0.15, 0.2) is 0 Å². The van der Waals surface area contributed by atoms with E-state index in [1.807, 2.05) is 24.3 Å². The molecule has 23 heavy (non-hydrogen) atoms. The van der Waals surface area contributed by atoms with Gasteiger partial charge in [-0.3, -0.25) is 0 Å². The average Bonchev–Trinajstić information content (AvgIpc) is 2.99. The lowest BCUT2D eigenvalue weighted by molar-refractivity contribution is 0.627. The molecular weight excluding hydrogens is 311 g/mol. The quantitative estimate of drug-likeness (QED) is 0.680. The number of hydrogen-bond acceptors (Lipinski definition) is 5. The molecule has 3 N–H and O–H groups in total. The van der Waals surface area contributed by atoms with Crippen molar-refractivity contribution in [1.82, 2.24) is 9.36 Å². The molecule has 0 aliphatic heterocycles. The maximum Gasteiger partial charge on any atom is 0.202 e. The van der Waals surface area contributed by atoms with Crippen molar-refractivity contribution in [1.29, 1.82) is 0 Å². The van der Waals surface area contributed by atoms with Gasteiger partial charge in [0.1, 0.15) is 11.6 Å². The molecule has 0 unspecified atom stereocenters. The standard InChI is InChI=1S/C17H17FN4S/c18-14-5-1-13(2-6-14)11-16-21-17(23-22-16)20-10-9-12-3-7-15(19)8-4-12/h1-8H,9-11,19H2,(H,20,21,22). The molecule has 0 spiro atoms. The summed E-state index contributed by atoms with van der Waals surface area (Å²) in [6.07, 6.45) is 1.50. The predicted octanol–water partition coefficient (Wildman–Crippen LogP) is 3.50. The van der Waals surface area contributed by atoms with Gasteiger partial charge < -0.3 is 11.1 Å². The number of hydrogen-bond donors (Lipinski definition) is 2. The number of nitrogen functional groups attached to an aromatic ring is 1. The van der Waals surface area contributed by atoms with E-state index in [2.05, 4.69) is 14.7 Å². The van der Waals surface area contributed by atoms with E-state index in [0.717, 1.165) is 35.2 Å². The van der Waals surface area contributed by atoms with E-state index in [1.165, 1.54) is 29.2 Å². The van der Waals surface area contributed by atoms with Crippen LogP contribution in [0.5, 0.6) is 0 Å². The topological polar surface area (TPSA) is 63.8 Å². The van der Waals surface area contributed by atoms with E-state index >= 15 is 0 Å². The van der Waals surface area contributed by atoms with Crippen LogP contribution in [0.15, 0.2) is 48.5 Å². The fourth-order valence-electron chi connectivity index (χ4n) is 2.18. The van der Waals surface area contributed by atoms with E-state index < -0.39 is 0 Å². The summed E-state index contributed by atoms with van der Waals surface area (Å²) in [5.74, 6) is 0.515. The third-order valence-corrected chi connectivity index (χ3v) is 4.12. The van der Waals surface area contributed by atoms with Gasteiger partial charge in [0, 0.05) is 30.2 Å². The maximum atomic E-state index is 12.9. The van der Waals surface area contributed by atoms with Gasteiger partial charge in [-0.15, -0.1) is 0 Å². The van der Waals surface area contributed by atoms with E-state index in [0.29, 0.717) is 6.42 Å². The minimum atomic E-state index is -0.231. The molecule has 3 aromatic rings. The molecule has 0 aliphatic carbocycles. The average molecular weight is 328 g/mol. The lowest BCUT2D eigenvalue weighted by atomic mass is 10.1. The highest BCUT2D eigenvalue weighted by Gasteiger charge is 2.05. The third kappa shape index (κ3) is 4.50. The molecule has 1 aromatic heterocycles. The second-order valence-corrected chi connectivity index (χ2v) is 5.99. The van der Waals surface area contributed by atoms with Gasteiger partial charge in [0.25, 0.3) is 0 Å². The van der Waals surface area contributed by atoms with Gasteiger partial charge in [0.05, 0.1) is 0 Å². The highest BCUT2D eigenvalue weighted by Crippen LogP contribution is 2.15. The number of benzene rings is 2. The zero-order valence-electron chi connectivity index (χ0n) is 12.5. The Labute approximate surface area is 138 Å². The first kappa shape index (κ1) is 15.4. The molecule has 2 aromatic carbocycles. The SMILES string of the molecule is Nc1ccc(CCNc2nc(Cc3ccc(F)cc3)ns2)cc1. The summed E-state index contributed by atoms with van der Waals surface area (Å²) < 4.78 is 17.2. The molecule has 0 atom stereocenters. The van der Waals surface area contributed by atoms with Crippen molar-refractivity contribution < 1.29 is 4.39 Å². The number of nitrogens with zero attached hydrogens (tertiary/aromatic N) is 2. The van der Waals surface area contributed by atoms with Crippen molar-refractivity contribution >= 4 is 22.4 Å². The van der Waals surface area contributed by atoms with Crippen LogP contribution in [0.25, 0.3) is 0 Å². The summed E-state index contributed by atoms with van der Waals surface area (Å²) in [5.41, 5.74) is 8.66. The van der Waals surface area contributed by atoms with E-state index in [1.54, 1.807) is 12.1 Å². The summed E-state index contributed by atoms with van der Waals surface area (Å²) in [5, 5.41) is 4.08. The fourth-order valence-corrected chi connectivity index (χ4v) is 2.79. The molecule has 118 valence electrons. The predicted molar refractivity (Wildman–Crippen MR) is 92.2 cm³/mol. The number of nitrogens with two attached hydrogens (primary N) is 1. The molecule has 0 aliphatic rings. The highest BCUT2D eigenvalue weighted by molar-refractivity contribution is 7.09. The monoisotopic (exact) mass is 328 g/mol. The molecule has 6 heteroatoms. The fraction of sp³-hybridized carbons (Fsp3) is 0.176. The van der Waals surface area contributed by atoms with Crippen molar-refractivity contribution in [2.24, 2.45) is 0 Å². The lowest BCUT2D eigenvalue weighted by Gasteiger charge is -2.03. The van der Waals surface area contributed by atoms with Crippen LogP contribution in [-0.2, 0) is 12.8 Å². The molecule has 0 saturated heterocycles. The smallest absolute Gasteiger partial charge is 0.202 e. The van der Waals surface area contributed by atoms with Crippen LogP contribution in [0, 0.1) is 5.82 Å². The van der Waals surface area contributed by atoms with Gasteiger partial charge in [-0.05, 0) is 41.8 Å². The number of rotatable bonds is 6. The Bertz CT molecular complexity index is 753. The number of aromatic nitrogens is 2. The van der Waals surface area contributed by atoms with Crippen molar-refractivity contribution in [3.63, 3.8) is 0 Å². The molecule has 4 nitrogen and oxygen atoms in total. The number of halogens is 1. The van der Waals surface area contributed by atoms with Gasteiger partial charge in [-0.2, -0.15) is 4.37 Å². The number of nitrogens with one attached hydrogen (secondary N) is 1. The molecule has 0 radical (unpaired) electrons. The first-order valence-electron chi connectivity index (χ1n) is 7.34. The second-order valence-electron chi connectivity index (χ2n) is 5.24. The minimum Gasteiger partial charge on any atom is -0.399 e. The van der Waals surface area contributed by atoms with Crippen LogP contribution in [0.3, 0.4) is 0 Å². The minimum absolute atomic E-state index is 0.231. The van der Waals surface area contributed by atoms with Crippen molar-refractivity contribution in [2.75, 3.05) is 17.6 Å². The molecular formula is C17H17FN4S. The third-order valence-electron chi connectivity index (χ3n) is 3.41. The summed E-state index contributed by atoms with van der Waals surface area (Å²) >= 11 is 1.34. The van der Waals surface area contributed by atoms with Crippen molar-refractivity contribution in [3.05, 3.63) is 71.3 Å². The molecule has 0 saturated carbocycles. The Morgan fingerprint density at radius 3 is 2.43 bits per heavy atom. The number of anilines is 2. The molecule has 0 bridgehead atoms. The summed E-state index contributed by atoms with van der Waals surface area (Å²) in [6, 6.07) is 14.3. The Kier molecular flexibility index (Phi) is 4.83. The first-order chi connectivity index (χ1) is 11.2. The highest BCUT2D eigenvalue weighted by atomic mass is 32.1. The van der Waals surface area contributed by atoms with Crippen molar-refractivity contribution in [3.8, 4) is 0 Å². The Hall–Kier alpha value is -2.47. The normalized spacial score (nSPS) is 10.7. The van der Waals surface area contributed by atoms with Crippen LogP contribution >= 0.6 is 11.5 Å². The summed E-state index contributed by atoms with van der Waals surface area (Å²) in [7, 11) is 0. The van der Waals surface area contributed by atoms with Crippen molar-refractivity contribution in [2.45, 2.75) is 12.8 Å². The Morgan fingerprint density at radius 1 is 1.00 bits per heavy atom. The second kappa shape index (κ2) is 7.19. The van der Waals surface area contributed by atoms with E-state index in [9.17, 15) is 4.39 Å². The van der Waals surface area contributed by atoms with Gasteiger partial charge in [-0.25, -0.2) is 9.37 Å². The molecule has 0 fully saturated rings. The summed E-state index contributed by atoms with van der Waals surface area (Å²) in [4.78, 5) is 4.46. The molecule has 3 rings (SSSR count). The van der Waals surface area contributed by atoms with Crippen LogP contribution in [0.4, 0.5) is 15.2 Å². The van der Waals surface area contributed by atoms with E-state index in [-0.39, 0.29) is 5.82 Å². The van der Waals surface area contributed by atoms with Gasteiger partial charge in [0.2, 0.25) is 5.13 Å². The largest absolute Gasteiger partial charge is 0.399 e. The Balaban J connectivity index is 1.51. The van der Waals surface area contributed by atoms with Crippen LogP contribution < -0.4 is 11.1 Å². The summed E-state index contributed by atoms with van der Waals surface area (Å²) in [6.45, 7) is 0.787. The maximum absolute atomic E-state index is 12.9. The lowest BCUT2D eigenvalue weighted by Crippen LogP contribution is -2.04. The Morgan fingerprint density at radius 2 is 1.70 bits per heavy atom. The molecule has 0 amide bonds. The molecule has 1 heterocycles. The van der Waals surface area contributed by atoms with Gasteiger partial charge >= 0.3 is 0 Å². The van der Waals surface area contributed by atoms with Crippen LogP contribution in [0.2, 0.25) is 0 Å². The van der Waals surface area contributed by atoms with Crippen LogP contribution in [0.1, 0.15) is 17.0 Å². The zero-order valence-corrected chi connectivity index (χ0v) is 13.3. The first-order valence-corrected chi connectivity index (χ1v) is 8.12. The van der Waals surface area contributed by atoms with E-state index in [4.69, 9.17) is 5.73 Å². The van der Waals surface area contributed by atoms with Crippen LogP contribution in [-0.4, -0.2) is 15.9 Å². The van der Waals surface area contributed by atoms with Gasteiger partial charge in [-0.1, -0.05) is 24.3 Å². The zero-order chi connectivity index (χ0) is 16.1.